The molecule has 0 saturated heterocycles. The van der Waals surface area contributed by atoms with Crippen LogP contribution in [0.3, 0.4) is 0 Å². The molecule has 0 rings (SSSR count). The van der Waals surface area contributed by atoms with Gasteiger partial charge in [0.15, 0.2) is 6.10 Å². The van der Waals surface area contributed by atoms with E-state index in [-0.39, 0.29) is 38.0 Å². The normalized spacial score (nSPS) is 13.6. The van der Waals surface area contributed by atoms with Crippen molar-refractivity contribution in [1.82, 2.24) is 0 Å². The van der Waals surface area contributed by atoms with Crippen molar-refractivity contribution in [3.05, 3.63) is 219 Å². The van der Waals surface area contributed by atoms with Crippen LogP contribution in [-0.2, 0) is 28.6 Å². The fourth-order valence-electron chi connectivity index (χ4n) is 7.77. The third-order valence-electron chi connectivity index (χ3n) is 12.5. The van der Waals surface area contributed by atoms with Crippen LogP contribution in [0.15, 0.2) is 219 Å². The molecular weight excluding hydrogens is 1020 g/mol. The Hall–Kier alpha value is -6.27. The highest BCUT2D eigenvalue weighted by atomic mass is 16.6. The molecule has 0 aliphatic heterocycles. The number of carbonyl (C=O) groups is 3. The summed E-state index contributed by atoms with van der Waals surface area (Å²) < 4.78 is 16.8. The number of esters is 3. The molecule has 0 radical (unpaired) electrons. The number of ether oxygens (including phenoxy) is 3. The summed E-state index contributed by atoms with van der Waals surface area (Å²) in [5, 5.41) is 0. The molecule has 0 heterocycles. The maximum Gasteiger partial charge on any atom is 0.306 e. The molecule has 0 N–H and O–H groups in total. The van der Waals surface area contributed by atoms with Crippen molar-refractivity contribution >= 4 is 17.9 Å². The Morgan fingerprint density at radius 2 is 0.458 bits per heavy atom. The lowest BCUT2D eigenvalue weighted by Gasteiger charge is -2.18. The molecule has 0 bridgehead atoms. The summed E-state index contributed by atoms with van der Waals surface area (Å²) in [5.41, 5.74) is 0. The van der Waals surface area contributed by atoms with Gasteiger partial charge < -0.3 is 14.2 Å². The second kappa shape index (κ2) is 68.2. The lowest BCUT2D eigenvalue weighted by molar-refractivity contribution is -0.166. The molecule has 0 aliphatic rings. The van der Waals surface area contributed by atoms with Crippen molar-refractivity contribution in [1.29, 1.82) is 0 Å². The summed E-state index contributed by atoms with van der Waals surface area (Å²) in [6.07, 6.45) is 107. The third kappa shape index (κ3) is 66.4. The first kappa shape index (κ1) is 76.7. The predicted octanol–water partition coefficient (Wildman–Crippen LogP) is 22.5. The Bertz CT molecular complexity index is 2080. The number of allylic oxidation sites excluding steroid dienone is 36. The van der Waals surface area contributed by atoms with Crippen LogP contribution in [-0.4, -0.2) is 37.2 Å². The van der Waals surface area contributed by atoms with Crippen LogP contribution < -0.4 is 0 Å². The monoisotopic (exact) mass is 1130 g/mol. The van der Waals surface area contributed by atoms with Gasteiger partial charge in [-0.3, -0.25) is 14.4 Å². The summed E-state index contributed by atoms with van der Waals surface area (Å²) in [6, 6.07) is 0. The first-order valence-corrected chi connectivity index (χ1v) is 32.2. The molecule has 1 atom stereocenters. The van der Waals surface area contributed by atoms with Crippen molar-refractivity contribution < 1.29 is 28.6 Å². The van der Waals surface area contributed by atoms with Gasteiger partial charge in [-0.05, 0) is 161 Å². The van der Waals surface area contributed by atoms with E-state index in [4.69, 9.17) is 14.2 Å². The van der Waals surface area contributed by atoms with Gasteiger partial charge in [0.2, 0.25) is 0 Å². The molecule has 0 aromatic heterocycles. The number of unbranched alkanes of at least 4 members (excludes halogenated alkanes) is 8. The number of hydrogen-bond acceptors (Lipinski definition) is 6. The number of carbonyl (C=O) groups excluding carboxylic acids is 3. The minimum absolute atomic E-state index is 0.141. The van der Waals surface area contributed by atoms with Gasteiger partial charge in [0, 0.05) is 19.3 Å². The summed E-state index contributed by atoms with van der Waals surface area (Å²) in [4.78, 5) is 38.3. The Labute approximate surface area is 508 Å². The summed E-state index contributed by atoms with van der Waals surface area (Å²) in [6.45, 7) is 6.17. The lowest BCUT2D eigenvalue weighted by Crippen LogP contribution is -2.30. The van der Waals surface area contributed by atoms with Crippen molar-refractivity contribution in [2.24, 2.45) is 0 Å². The zero-order chi connectivity index (χ0) is 59.9. The van der Waals surface area contributed by atoms with Crippen molar-refractivity contribution in [2.75, 3.05) is 13.2 Å². The molecule has 0 fully saturated rings. The van der Waals surface area contributed by atoms with Gasteiger partial charge in [-0.25, -0.2) is 0 Å². The van der Waals surface area contributed by atoms with E-state index >= 15 is 0 Å². The van der Waals surface area contributed by atoms with Gasteiger partial charge in [0.25, 0.3) is 0 Å². The molecule has 0 amide bonds. The highest BCUT2D eigenvalue weighted by Crippen LogP contribution is 2.12. The molecule has 0 aliphatic carbocycles. The number of rotatable bonds is 55. The molecule has 0 saturated carbocycles. The quantitative estimate of drug-likeness (QED) is 0.0261. The molecule has 0 spiro atoms. The summed E-state index contributed by atoms with van der Waals surface area (Å²) in [5.74, 6) is -1.09. The van der Waals surface area contributed by atoms with Gasteiger partial charge in [-0.15, -0.1) is 0 Å². The maximum atomic E-state index is 12.9. The Balaban J connectivity index is 4.56. The Morgan fingerprint density at radius 3 is 0.735 bits per heavy atom. The van der Waals surface area contributed by atoms with E-state index in [0.717, 1.165) is 173 Å². The molecule has 6 nitrogen and oxygen atoms in total. The van der Waals surface area contributed by atoms with E-state index < -0.39 is 12.1 Å². The highest BCUT2D eigenvalue weighted by molar-refractivity contribution is 5.71. The minimum Gasteiger partial charge on any atom is -0.462 e. The largest absolute Gasteiger partial charge is 0.462 e. The fourth-order valence-corrected chi connectivity index (χ4v) is 7.77. The van der Waals surface area contributed by atoms with Crippen LogP contribution in [0.1, 0.15) is 226 Å². The Kier molecular flexibility index (Phi) is 63.1. The average molecular weight is 1140 g/mol. The van der Waals surface area contributed by atoms with Gasteiger partial charge in [-0.2, -0.15) is 0 Å². The molecule has 458 valence electrons. The van der Waals surface area contributed by atoms with Gasteiger partial charge in [-0.1, -0.05) is 265 Å². The summed E-state index contributed by atoms with van der Waals surface area (Å²) >= 11 is 0. The molecule has 1 unspecified atom stereocenters. The van der Waals surface area contributed by atoms with E-state index in [2.05, 4.69) is 227 Å². The standard InChI is InChI=1S/C77H114O6/c1-4-7-10-13-16-19-22-25-28-30-32-33-34-35-36-37-38-39-40-41-42-43-45-46-49-52-55-58-61-64-67-70-76(79)82-73-74(72-81-75(78)69-66-63-60-57-54-51-48-27-24-21-18-15-12-9-6-3)83-77(80)71-68-65-62-59-56-53-50-47-44-31-29-26-23-20-17-14-11-8-5-2/h7-12,16-21,25-29,32-33,35-36,38-39,41-42,44-48,52-53,55-56,62,65,74H,4-6,13-15,22-24,30-31,34,37,40,43,49-51,54,57-61,63-64,66-73H2,1-3H3/b10-7-,11-8-,12-9-,19-16-,20-17-,21-18-,28-25-,29-26-,33-32-,36-35-,39-38-,42-41-,46-45-,47-44-,48-27-,55-52-,56-53-,65-62-. The van der Waals surface area contributed by atoms with Crippen molar-refractivity contribution in [3.63, 3.8) is 0 Å². The van der Waals surface area contributed by atoms with Crippen LogP contribution in [0.5, 0.6) is 0 Å². The highest BCUT2D eigenvalue weighted by Gasteiger charge is 2.19. The topological polar surface area (TPSA) is 78.9 Å². The van der Waals surface area contributed by atoms with Crippen LogP contribution in [0.2, 0.25) is 0 Å². The van der Waals surface area contributed by atoms with E-state index in [1.54, 1.807) is 0 Å². The fraction of sp³-hybridized carbons (Fsp3) is 0.494. The molecule has 83 heavy (non-hydrogen) atoms. The Morgan fingerprint density at radius 1 is 0.241 bits per heavy atom. The van der Waals surface area contributed by atoms with Crippen LogP contribution in [0.25, 0.3) is 0 Å². The van der Waals surface area contributed by atoms with E-state index in [9.17, 15) is 14.4 Å². The lowest BCUT2D eigenvalue weighted by atomic mass is 10.1. The second-order valence-electron chi connectivity index (χ2n) is 20.2. The average Bonchev–Trinajstić information content (AvgIpc) is 3.49. The number of hydrogen-bond donors (Lipinski definition) is 0. The van der Waals surface area contributed by atoms with E-state index in [0.29, 0.717) is 19.3 Å². The van der Waals surface area contributed by atoms with Crippen LogP contribution in [0.4, 0.5) is 0 Å². The smallest absolute Gasteiger partial charge is 0.306 e. The third-order valence-corrected chi connectivity index (χ3v) is 12.5. The zero-order valence-corrected chi connectivity index (χ0v) is 52.4. The molecular formula is C77H114O6. The van der Waals surface area contributed by atoms with Gasteiger partial charge in [0.05, 0.1) is 0 Å². The second-order valence-corrected chi connectivity index (χ2v) is 20.2. The van der Waals surface area contributed by atoms with E-state index in [1.807, 2.05) is 12.2 Å². The van der Waals surface area contributed by atoms with Gasteiger partial charge >= 0.3 is 17.9 Å². The SMILES string of the molecule is CC/C=C\C/C=C\C/C=C\C/C=C\C/C=C\C/C=C\C/C=C\C/C=C\C/C=C\CCCCCC(=O)OCC(COC(=O)CCCCCCC/C=C\C/C=C\C/C=C\CC)OC(=O)CC/C=C\C/C=C\C/C=C\C/C=C\C/C=C\C/C=C\CC. The maximum absolute atomic E-state index is 12.9. The summed E-state index contributed by atoms with van der Waals surface area (Å²) in [7, 11) is 0. The van der Waals surface area contributed by atoms with Crippen LogP contribution in [0, 0.1) is 0 Å². The molecule has 0 aromatic rings. The van der Waals surface area contributed by atoms with E-state index in [1.165, 1.54) is 0 Å². The predicted molar refractivity (Wildman–Crippen MR) is 361 cm³/mol. The zero-order valence-electron chi connectivity index (χ0n) is 52.4. The van der Waals surface area contributed by atoms with Gasteiger partial charge in [0.1, 0.15) is 13.2 Å². The van der Waals surface area contributed by atoms with Crippen molar-refractivity contribution in [3.8, 4) is 0 Å². The molecule has 0 aromatic carbocycles. The van der Waals surface area contributed by atoms with Crippen molar-refractivity contribution in [2.45, 2.75) is 232 Å². The first-order valence-electron chi connectivity index (χ1n) is 32.2. The first-order chi connectivity index (χ1) is 41.0. The molecule has 6 heteroatoms. The minimum atomic E-state index is -0.856. The van der Waals surface area contributed by atoms with Crippen LogP contribution >= 0.6 is 0 Å².